The summed E-state index contributed by atoms with van der Waals surface area (Å²) in [6, 6.07) is 0. The van der Waals surface area contributed by atoms with Crippen molar-refractivity contribution >= 4 is 5.91 Å². The number of hydrogen-bond acceptors (Lipinski definition) is 3. The van der Waals surface area contributed by atoms with Gasteiger partial charge in [-0.3, -0.25) is 4.79 Å². The Morgan fingerprint density at radius 3 is 2.50 bits per heavy atom. The van der Waals surface area contributed by atoms with Gasteiger partial charge in [0.15, 0.2) is 0 Å². The molecular formula is C12H24N2O2. The molecule has 0 spiro atoms. The van der Waals surface area contributed by atoms with E-state index in [0.29, 0.717) is 13.0 Å². The Balaban J connectivity index is 2.25. The molecule has 0 radical (unpaired) electrons. The fraction of sp³-hybridized carbons (Fsp3) is 0.917. The number of rotatable bonds is 7. The quantitative estimate of drug-likeness (QED) is 0.603. The molecular weight excluding hydrogens is 204 g/mol. The standard InChI is InChI=1S/C12H24N2O2/c1-11(2,7-8-13)4-3-10(16)14-12(9-15)5-6-12/h15H,3-9,13H2,1-2H3,(H,14,16). The molecule has 0 saturated heterocycles. The van der Waals surface area contributed by atoms with Gasteiger partial charge in [-0.15, -0.1) is 0 Å². The number of amides is 1. The van der Waals surface area contributed by atoms with Crippen LogP contribution in [-0.2, 0) is 4.79 Å². The molecule has 0 aliphatic heterocycles. The van der Waals surface area contributed by atoms with E-state index >= 15 is 0 Å². The van der Waals surface area contributed by atoms with Gasteiger partial charge in [-0.1, -0.05) is 13.8 Å². The summed E-state index contributed by atoms with van der Waals surface area (Å²) in [7, 11) is 0. The van der Waals surface area contributed by atoms with Gasteiger partial charge in [0, 0.05) is 6.42 Å². The van der Waals surface area contributed by atoms with Gasteiger partial charge in [0.25, 0.3) is 0 Å². The lowest BCUT2D eigenvalue weighted by atomic mass is 9.84. The van der Waals surface area contributed by atoms with Crippen LogP contribution in [0.5, 0.6) is 0 Å². The van der Waals surface area contributed by atoms with E-state index in [1.54, 1.807) is 0 Å². The Kier molecular flexibility index (Phi) is 4.33. The first-order valence-electron chi connectivity index (χ1n) is 6.05. The van der Waals surface area contributed by atoms with E-state index in [-0.39, 0.29) is 23.5 Å². The van der Waals surface area contributed by atoms with Crippen LogP contribution in [0.25, 0.3) is 0 Å². The Labute approximate surface area is 97.6 Å². The zero-order valence-corrected chi connectivity index (χ0v) is 10.4. The molecule has 4 N–H and O–H groups in total. The molecule has 0 atom stereocenters. The second-order valence-corrected chi connectivity index (χ2v) is 5.69. The smallest absolute Gasteiger partial charge is 0.220 e. The molecule has 1 rings (SSSR count). The molecule has 0 aromatic rings. The molecule has 0 aromatic carbocycles. The van der Waals surface area contributed by atoms with Crippen molar-refractivity contribution in [2.75, 3.05) is 13.2 Å². The molecule has 0 bridgehead atoms. The average Bonchev–Trinajstić information content (AvgIpc) is 2.96. The fourth-order valence-corrected chi connectivity index (χ4v) is 1.80. The van der Waals surface area contributed by atoms with E-state index in [9.17, 15) is 4.79 Å². The van der Waals surface area contributed by atoms with Crippen molar-refractivity contribution in [3.8, 4) is 0 Å². The number of carbonyl (C=O) groups is 1. The molecule has 0 heterocycles. The second kappa shape index (κ2) is 5.15. The second-order valence-electron chi connectivity index (χ2n) is 5.69. The van der Waals surface area contributed by atoms with Crippen molar-refractivity contribution in [2.45, 2.75) is 51.5 Å². The summed E-state index contributed by atoms with van der Waals surface area (Å²) in [6.45, 7) is 4.98. The summed E-state index contributed by atoms with van der Waals surface area (Å²) >= 11 is 0. The van der Waals surface area contributed by atoms with Crippen LogP contribution in [0.2, 0.25) is 0 Å². The monoisotopic (exact) mass is 228 g/mol. The van der Waals surface area contributed by atoms with Gasteiger partial charge >= 0.3 is 0 Å². The van der Waals surface area contributed by atoms with Crippen molar-refractivity contribution in [1.29, 1.82) is 0 Å². The lowest BCUT2D eigenvalue weighted by Crippen LogP contribution is -2.39. The van der Waals surface area contributed by atoms with Gasteiger partial charge < -0.3 is 16.2 Å². The Morgan fingerprint density at radius 1 is 1.44 bits per heavy atom. The zero-order valence-electron chi connectivity index (χ0n) is 10.4. The fourth-order valence-electron chi connectivity index (χ4n) is 1.80. The van der Waals surface area contributed by atoms with Crippen LogP contribution >= 0.6 is 0 Å². The number of nitrogens with one attached hydrogen (secondary N) is 1. The van der Waals surface area contributed by atoms with E-state index in [1.165, 1.54) is 0 Å². The van der Waals surface area contributed by atoms with E-state index in [1.807, 2.05) is 0 Å². The molecule has 4 heteroatoms. The highest BCUT2D eigenvalue weighted by Gasteiger charge is 2.43. The van der Waals surface area contributed by atoms with Crippen molar-refractivity contribution in [1.82, 2.24) is 5.32 Å². The highest BCUT2D eigenvalue weighted by Crippen LogP contribution is 2.35. The molecule has 1 aliphatic carbocycles. The molecule has 94 valence electrons. The maximum absolute atomic E-state index is 11.7. The molecule has 16 heavy (non-hydrogen) atoms. The van der Waals surface area contributed by atoms with E-state index in [0.717, 1.165) is 25.7 Å². The summed E-state index contributed by atoms with van der Waals surface area (Å²) in [4.78, 5) is 11.7. The summed E-state index contributed by atoms with van der Waals surface area (Å²) in [5.74, 6) is 0.0525. The molecule has 1 saturated carbocycles. The normalized spacial score (nSPS) is 18.2. The lowest BCUT2D eigenvalue weighted by molar-refractivity contribution is -0.123. The van der Waals surface area contributed by atoms with Crippen LogP contribution in [0.15, 0.2) is 0 Å². The first kappa shape index (κ1) is 13.5. The van der Waals surface area contributed by atoms with Gasteiger partial charge in [0.05, 0.1) is 12.1 Å². The lowest BCUT2D eigenvalue weighted by Gasteiger charge is -2.24. The Morgan fingerprint density at radius 2 is 2.06 bits per heavy atom. The number of nitrogens with two attached hydrogens (primary N) is 1. The number of hydrogen-bond donors (Lipinski definition) is 3. The molecule has 0 unspecified atom stereocenters. The Hall–Kier alpha value is -0.610. The van der Waals surface area contributed by atoms with Gasteiger partial charge in [-0.25, -0.2) is 0 Å². The minimum atomic E-state index is -0.283. The van der Waals surface area contributed by atoms with Crippen LogP contribution in [0.4, 0.5) is 0 Å². The molecule has 1 fully saturated rings. The van der Waals surface area contributed by atoms with Crippen LogP contribution in [-0.4, -0.2) is 29.7 Å². The summed E-state index contributed by atoms with van der Waals surface area (Å²) in [5.41, 5.74) is 5.37. The SMILES string of the molecule is CC(C)(CCN)CCC(=O)NC1(CO)CC1. The number of aliphatic hydroxyl groups is 1. The van der Waals surface area contributed by atoms with E-state index < -0.39 is 0 Å². The van der Waals surface area contributed by atoms with Crippen LogP contribution in [0, 0.1) is 5.41 Å². The number of carbonyl (C=O) groups excluding carboxylic acids is 1. The molecule has 1 aliphatic rings. The van der Waals surface area contributed by atoms with E-state index in [4.69, 9.17) is 10.8 Å². The van der Waals surface area contributed by atoms with Crippen molar-refractivity contribution in [2.24, 2.45) is 11.1 Å². The summed E-state index contributed by atoms with van der Waals surface area (Å²) in [6.07, 6.45) is 4.11. The maximum atomic E-state index is 11.7. The average molecular weight is 228 g/mol. The highest BCUT2D eigenvalue weighted by atomic mass is 16.3. The maximum Gasteiger partial charge on any atom is 0.220 e. The van der Waals surface area contributed by atoms with E-state index in [2.05, 4.69) is 19.2 Å². The topological polar surface area (TPSA) is 75.4 Å². The Bertz CT molecular complexity index is 247. The largest absolute Gasteiger partial charge is 0.394 e. The molecule has 1 amide bonds. The highest BCUT2D eigenvalue weighted by molar-refractivity contribution is 5.77. The summed E-state index contributed by atoms with van der Waals surface area (Å²) in [5, 5.41) is 12.0. The zero-order chi connectivity index (χ0) is 12.2. The van der Waals surface area contributed by atoms with Crippen molar-refractivity contribution < 1.29 is 9.90 Å². The molecule has 0 aromatic heterocycles. The van der Waals surface area contributed by atoms with Crippen LogP contribution in [0.1, 0.15) is 46.0 Å². The number of aliphatic hydroxyl groups excluding tert-OH is 1. The third-order valence-electron chi connectivity index (χ3n) is 3.41. The van der Waals surface area contributed by atoms with Gasteiger partial charge in [-0.05, 0) is 37.6 Å². The minimum absolute atomic E-state index is 0.0525. The van der Waals surface area contributed by atoms with Crippen LogP contribution in [0.3, 0.4) is 0 Å². The van der Waals surface area contributed by atoms with Crippen molar-refractivity contribution in [3.05, 3.63) is 0 Å². The molecule has 4 nitrogen and oxygen atoms in total. The minimum Gasteiger partial charge on any atom is -0.394 e. The predicted molar refractivity (Wildman–Crippen MR) is 63.9 cm³/mol. The third kappa shape index (κ3) is 4.10. The summed E-state index contributed by atoms with van der Waals surface area (Å²) < 4.78 is 0. The predicted octanol–water partition coefficient (Wildman–Crippen LogP) is 0.783. The van der Waals surface area contributed by atoms with Gasteiger partial charge in [-0.2, -0.15) is 0 Å². The third-order valence-corrected chi connectivity index (χ3v) is 3.41. The van der Waals surface area contributed by atoms with Gasteiger partial charge in [0.2, 0.25) is 5.91 Å². The first-order valence-corrected chi connectivity index (χ1v) is 6.05. The van der Waals surface area contributed by atoms with Crippen LogP contribution < -0.4 is 11.1 Å². The van der Waals surface area contributed by atoms with Gasteiger partial charge in [0.1, 0.15) is 0 Å². The first-order chi connectivity index (χ1) is 7.43. The van der Waals surface area contributed by atoms with Crippen molar-refractivity contribution in [3.63, 3.8) is 0 Å².